The summed E-state index contributed by atoms with van der Waals surface area (Å²) in [5, 5.41) is 24.9. The van der Waals surface area contributed by atoms with Crippen LogP contribution in [0.3, 0.4) is 0 Å². The van der Waals surface area contributed by atoms with Gasteiger partial charge in [-0.3, -0.25) is 19.1 Å². The van der Waals surface area contributed by atoms with Crippen LogP contribution in [0.4, 0.5) is 0 Å². The predicted molar refractivity (Wildman–Crippen MR) is 209 cm³/mol. The van der Waals surface area contributed by atoms with Crippen molar-refractivity contribution in [3.8, 4) is 28.7 Å². The number of carbonyl (C=O) groups excluding carboxylic acids is 1. The van der Waals surface area contributed by atoms with Crippen molar-refractivity contribution in [3.63, 3.8) is 0 Å². The molecule has 60 heavy (non-hydrogen) atoms. The summed E-state index contributed by atoms with van der Waals surface area (Å²) >= 11 is 11.1. The summed E-state index contributed by atoms with van der Waals surface area (Å²) in [6.45, 7) is 4.08. The number of phosphoric acid groups is 1. The van der Waals surface area contributed by atoms with Crippen LogP contribution in [0.5, 0.6) is 28.7 Å². The van der Waals surface area contributed by atoms with E-state index in [-0.39, 0.29) is 37.3 Å². The number of nitrogens with zero attached hydrogens (tertiary/aromatic N) is 1. The SMILES string of the molecule is COc1cc([C@@H]2c3cc4c(cc3C(O[C@@H]3O[C@@H]5CO[C@@H](C)O[C@H]5[C@H](O)[C@H]3O)C3COC(=O)[C@@H]32)OCO4)cc(OC)c1OP(=O)(O)O.O=P1(NCCCl)OCCCN1CCCl. The van der Waals surface area contributed by atoms with E-state index in [9.17, 15) is 33.9 Å². The zero-order valence-electron chi connectivity index (χ0n) is 32.8. The number of rotatable bonds is 12. The van der Waals surface area contributed by atoms with E-state index in [1.54, 1.807) is 23.7 Å². The zero-order chi connectivity index (χ0) is 42.9. The summed E-state index contributed by atoms with van der Waals surface area (Å²) in [6.07, 6.45) is -6.29. The Morgan fingerprint density at radius 2 is 1.67 bits per heavy atom. The highest BCUT2D eigenvalue weighted by Crippen LogP contribution is 2.58. The van der Waals surface area contributed by atoms with Gasteiger partial charge in [0.25, 0.3) is 0 Å². The molecule has 24 heteroatoms. The van der Waals surface area contributed by atoms with Crippen LogP contribution in [0.1, 0.15) is 42.1 Å². The number of halogens is 2. The van der Waals surface area contributed by atoms with Crippen LogP contribution < -0.4 is 28.6 Å². The first-order valence-corrected chi connectivity index (χ1v) is 23.3. The Labute approximate surface area is 355 Å². The molecule has 4 fully saturated rings. The highest BCUT2D eigenvalue weighted by atomic mass is 35.5. The van der Waals surface area contributed by atoms with Gasteiger partial charge < -0.3 is 61.9 Å². The molecule has 0 amide bonds. The van der Waals surface area contributed by atoms with Crippen LogP contribution in [0.15, 0.2) is 24.3 Å². The van der Waals surface area contributed by atoms with Crippen molar-refractivity contribution in [2.45, 2.75) is 62.4 Å². The highest BCUT2D eigenvalue weighted by molar-refractivity contribution is 7.54. The van der Waals surface area contributed by atoms with Crippen LogP contribution in [-0.2, 0) is 42.1 Å². The molecule has 3 unspecified atom stereocenters. The number of nitrogens with one attached hydrogen (secondary N) is 1. The molecule has 2 aromatic rings. The van der Waals surface area contributed by atoms with Crippen molar-refractivity contribution in [2.75, 3.05) is 72.2 Å². The fourth-order valence-electron chi connectivity index (χ4n) is 8.25. The largest absolute Gasteiger partial charge is 0.525 e. The summed E-state index contributed by atoms with van der Waals surface area (Å²) in [6, 6.07) is 6.47. The van der Waals surface area contributed by atoms with Gasteiger partial charge in [0.05, 0.1) is 46.1 Å². The lowest BCUT2D eigenvalue weighted by atomic mass is 9.66. The summed E-state index contributed by atoms with van der Waals surface area (Å²) in [5.74, 6) is -1.38. The number of phosphoric ester groups is 1. The summed E-state index contributed by atoms with van der Waals surface area (Å²) in [5.41, 5.74) is 1.65. The Kier molecular flexibility index (Phi) is 14.5. The van der Waals surface area contributed by atoms with Crippen LogP contribution >= 0.6 is 38.7 Å². The number of methoxy groups -OCH3 is 2. The molecule has 5 N–H and O–H groups in total. The first-order valence-electron chi connectivity index (χ1n) is 19.1. The molecule has 1 aliphatic carbocycles. The predicted octanol–water partition coefficient (Wildman–Crippen LogP) is 2.99. The maximum atomic E-state index is 13.5. The quantitative estimate of drug-likeness (QED) is 0.117. The van der Waals surface area contributed by atoms with Crippen molar-refractivity contribution < 1.29 is 85.6 Å². The lowest BCUT2D eigenvalue weighted by molar-refractivity contribution is -0.364. The second-order valence-corrected chi connectivity index (χ2v) is 18.6. The van der Waals surface area contributed by atoms with Crippen molar-refractivity contribution >= 4 is 44.7 Å². The van der Waals surface area contributed by atoms with Gasteiger partial charge in [0.15, 0.2) is 35.6 Å². The van der Waals surface area contributed by atoms with Crippen LogP contribution in [0.2, 0.25) is 0 Å². The van der Waals surface area contributed by atoms with E-state index >= 15 is 0 Å². The lowest BCUT2D eigenvalue weighted by Gasteiger charge is -2.47. The molecule has 2 aromatic carbocycles. The molecule has 6 aliphatic rings. The standard InChI is InChI=1S/C29H33O16P.C7H15Cl2N2O2P/c1-11-38-9-20-27(42-11)23(30)24(31)29(43-20)44-25-14-7-17-16(40-10-41-17)6-13(14)21(22-15(25)8-39-28(22)32)12-4-18(36-2)26(19(5-12)37-3)45-46(33,34)35;8-2-4-10-14(12)11(6-3-9)5-1-7-13-14/h4-7,11,15,20-25,27,29-31H,8-10H2,1-3H3,(H2,33,34,35);1-7H2,(H,10,12)/t11-,15?,20-,21-,22+,23-,24-,25?,27-,29+;/m1./s1. The first kappa shape index (κ1) is 45.5. The van der Waals surface area contributed by atoms with E-state index < -0.39 is 82.3 Å². The van der Waals surface area contributed by atoms with E-state index in [4.69, 9.17) is 74.9 Å². The fourth-order valence-corrected chi connectivity index (χ4v) is 11.2. The van der Waals surface area contributed by atoms with Gasteiger partial charge >= 0.3 is 21.5 Å². The van der Waals surface area contributed by atoms with Crippen LogP contribution in [0, 0.1) is 11.8 Å². The summed E-state index contributed by atoms with van der Waals surface area (Å²) < 4.78 is 87.4. The molecule has 0 saturated carbocycles. The third kappa shape index (κ3) is 9.39. The Hall–Kier alpha value is -2.49. The minimum Gasteiger partial charge on any atom is -0.493 e. The van der Waals surface area contributed by atoms with Gasteiger partial charge in [-0.15, -0.1) is 23.2 Å². The average Bonchev–Trinajstić information content (AvgIpc) is 3.85. The molecule has 334 valence electrons. The third-order valence-corrected chi connectivity index (χ3v) is 14.0. The number of fused-ring (bicyclic) bond motifs is 4. The molecule has 5 aliphatic heterocycles. The third-order valence-electron chi connectivity index (χ3n) is 10.9. The Balaban J connectivity index is 0.000000332. The minimum atomic E-state index is -5.00. The van der Waals surface area contributed by atoms with Crippen LogP contribution in [-0.4, -0.2) is 140 Å². The maximum absolute atomic E-state index is 13.5. The molecule has 0 aromatic heterocycles. The van der Waals surface area contributed by atoms with Gasteiger partial charge in [-0.05, 0) is 54.3 Å². The monoisotopic (exact) mass is 928 g/mol. The molecule has 4 saturated heterocycles. The number of cyclic esters (lactones) is 1. The average molecular weight is 930 g/mol. The molecule has 0 spiro atoms. The highest BCUT2D eigenvalue weighted by Gasteiger charge is 2.56. The van der Waals surface area contributed by atoms with E-state index in [2.05, 4.69) is 5.09 Å². The van der Waals surface area contributed by atoms with Gasteiger partial charge in [-0.2, -0.15) is 0 Å². The molecule has 20 nitrogen and oxygen atoms in total. The number of aliphatic hydroxyl groups excluding tert-OH is 2. The van der Waals surface area contributed by atoms with Gasteiger partial charge in [-0.1, -0.05) is 0 Å². The normalized spacial score (nSPS) is 33.4. The Morgan fingerprint density at radius 3 is 2.32 bits per heavy atom. The molecule has 11 atom stereocenters. The smallest absolute Gasteiger partial charge is 0.493 e. The Morgan fingerprint density at radius 1 is 0.967 bits per heavy atom. The van der Waals surface area contributed by atoms with Gasteiger partial charge in [0.2, 0.25) is 12.5 Å². The van der Waals surface area contributed by atoms with E-state index in [1.165, 1.54) is 26.4 Å². The number of hydrogen-bond donors (Lipinski definition) is 5. The van der Waals surface area contributed by atoms with Crippen molar-refractivity contribution in [2.24, 2.45) is 11.8 Å². The molecule has 5 heterocycles. The zero-order valence-corrected chi connectivity index (χ0v) is 36.1. The Bertz CT molecular complexity index is 1930. The molecule has 0 radical (unpaired) electrons. The van der Waals surface area contributed by atoms with Crippen LogP contribution in [0.25, 0.3) is 0 Å². The van der Waals surface area contributed by atoms with Crippen molar-refractivity contribution in [1.82, 2.24) is 9.76 Å². The van der Waals surface area contributed by atoms with E-state index in [1.807, 2.05) is 0 Å². The van der Waals surface area contributed by atoms with Crippen molar-refractivity contribution in [1.29, 1.82) is 0 Å². The minimum absolute atomic E-state index is 0.0303. The number of carbonyl (C=O) groups is 1. The number of benzene rings is 2. The number of esters is 1. The molecular formula is C36H48Cl2N2O18P2. The first-order chi connectivity index (χ1) is 28.7. The summed E-state index contributed by atoms with van der Waals surface area (Å²) in [7, 11) is -5.25. The maximum Gasteiger partial charge on any atom is 0.525 e. The lowest BCUT2D eigenvalue weighted by Crippen LogP contribution is -2.63. The van der Waals surface area contributed by atoms with Crippen molar-refractivity contribution in [3.05, 3.63) is 41.0 Å². The molecule has 8 rings (SSSR count). The molecular weight excluding hydrogens is 881 g/mol. The van der Waals surface area contributed by atoms with E-state index in [0.717, 1.165) is 13.0 Å². The number of hydrogen-bond acceptors (Lipinski definition) is 16. The van der Waals surface area contributed by atoms with Gasteiger partial charge in [-0.25, -0.2) is 14.3 Å². The topological polar surface area (TPSA) is 249 Å². The number of ether oxygens (including phenoxy) is 9. The number of alkyl halides is 2. The van der Waals surface area contributed by atoms with Gasteiger partial charge in [0.1, 0.15) is 24.4 Å². The second-order valence-electron chi connectivity index (χ2n) is 14.5. The number of aliphatic hydroxyl groups is 2. The van der Waals surface area contributed by atoms with Gasteiger partial charge in [0, 0.05) is 43.2 Å². The second kappa shape index (κ2) is 19.1. The van der Waals surface area contributed by atoms with E-state index in [0.29, 0.717) is 59.6 Å². The fraction of sp³-hybridized carbons (Fsp3) is 0.639. The molecule has 0 bridgehead atoms. The summed E-state index contributed by atoms with van der Waals surface area (Å²) in [4.78, 5) is 32.5.